The molecule has 0 aliphatic carbocycles. The van der Waals surface area contributed by atoms with Gasteiger partial charge in [-0.25, -0.2) is 21.5 Å². The number of sulfonamides is 1. The van der Waals surface area contributed by atoms with Crippen molar-refractivity contribution >= 4 is 25.9 Å². The molecule has 0 spiro atoms. The van der Waals surface area contributed by atoms with Gasteiger partial charge in [0.15, 0.2) is 0 Å². The smallest absolute Gasteiger partial charge is 0.243 e. The minimum atomic E-state index is -4.13. The van der Waals surface area contributed by atoms with E-state index in [4.69, 9.17) is 9.84 Å². The number of nitriles is 1. The van der Waals surface area contributed by atoms with Gasteiger partial charge in [-0.2, -0.15) is 14.7 Å². The van der Waals surface area contributed by atoms with Gasteiger partial charge in [-0.05, 0) is 63.2 Å². The lowest BCUT2D eigenvalue weighted by Gasteiger charge is -2.34. The first-order chi connectivity index (χ1) is 20.0. The van der Waals surface area contributed by atoms with E-state index in [2.05, 4.69) is 0 Å². The number of allylic oxidation sites excluding steroid dienone is 1. The molecule has 1 aliphatic heterocycles. The average molecular weight is 603 g/mol. The van der Waals surface area contributed by atoms with Gasteiger partial charge in [-0.1, -0.05) is 48.0 Å². The van der Waals surface area contributed by atoms with E-state index in [0.717, 1.165) is 5.56 Å². The SMILES string of the molecule is Cc1ccc(S(=O)(=O)/C(C#N)=C\c2cn(-c3ccccc3)nc2-c2cccc(S(=O)(=O)N3CC(C)OC(C)C3)c2)cc1. The summed E-state index contributed by atoms with van der Waals surface area (Å²) < 4.78 is 62.7. The molecule has 3 aromatic carbocycles. The number of para-hydroxylation sites is 1. The summed E-state index contributed by atoms with van der Waals surface area (Å²) in [6, 6.07) is 23.7. The van der Waals surface area contributed by atoms with E-state index in [1.165, 1.54) is 34.6 Å². The van der Waals surface area contributed by atoms with Crippen molar-refractivity contribution in [2.75, 3.05) is 13.1 Å². The van der Waals surface area contributed by atoms with Crippen molar-refractivity contribution in [3.63, 3.8) is 0 Å². The third-order valence-corrected chi connectivity index (χ3v) is 10.4. The zero-order valence-corrected chi connectivity index (χ0v) is 25.0. The molecule has 2 atom stereocenters. The van der Waals surface area contributed by atoms with Crippen molar-refractivity contribution in [1.29, 1.82) is 5.26 Å². The molecule has 2 heterocycles. The van der Waals surface area contributed by atoms with Crippen LogP contribution in [0.5, 0.6) is 0 Å². The highest BCUT2D eigenvalue weighted by Crippen LogP contribution is 2.31. The summed E-state index contributed by atoms with van der Waals surface area (Å²) in [6.07, 6.45) is 2.41. The summed E-state index contributed by atoms with van der Waals surface area (Å²) in [6.45, 7) is 5.98. The number of morpholine rings is 1. The molecule has 1 aromatic heterocycles. The normalized spacial score (nSPS) is 18.5. The lowest BCUT2D eigenvalue weighted by Crippen LogP contribution is -2.48. The Morgan fingerprint density at radius 3 is 2.24 bits per heavy atom. The Morgan fingerprint density at radius 1 is 0.929 bits per heavy atom. The van der Waals surface area contributed by atoms with Crippen LogP contribution in [0.1, 0.15) is 25.0 Å². The molecule has 0 amide bonds. The Kier molecular flexibility index (Phi) is 8.17. The highest BCUT2D eigenvalue weighted by molar-refractivity contribution is 7.95. The van der Waals surface area contributed by atoms with Crippen LogP contribution in [0, 0.1) is 18.3 Å². The molecule has 1 aliphatic rings. The molecule has 0 saturated carbocycles. The van der Waals surface area contributed by atoms with Crippen LogP contribution in [0.3, 0.4) is 0 Å². The van der Waals surface area contributed by atoms with Gasteiger partial charge in [0.2, 0.25) is 19.9 Å². The van der Waals surface area contributed by atoms with E-state index >= 15 is 0 Å². The summed E-state index contributed by atoms with van der Waals surface area (Å²) >= 11 is 0. The fourth-order valence-corrected chi connectivity index (χ4v) is 7.65. The fraction of sp³-hybridized carbons (Fsp3) is 0.226. The van der Waals surface area contributed by atoms with Crippen LogP contribution in [-0.4, -0.2) is 56.2 Å². The number of aromatic nitrogens is 2. The number of hydrogen-bond acceptors (Lipinski definition) is 7. The highest BCUT2D eigenvalue weighted by Gasteiger charge is 2.32. The fourth-order valence-electron chi connectivity index (χ4n) is 4.87. The van der Waals surface area contributed by atoms with Gasteiger partial charge in [0, 0.05) is 30.4 Å². The van der Waals surface area contributed by atoms with Crippen molar-refractivity contribution in [2.24, 2.45) is 0 Å². The van der Waals surface area contributed by atoms with Crippen molar-refractivity contribution in [3.05, 3.63) is 101 Å². The Morgan fingerprint density at radius 2 is 1.60 bits per heavy atom. The van der Waals surface area contributed by atoms with Crippen LogP contribution >= 0.6 is 0 Å². The van der Waals surface area contributed by atoms with Gasteiger partial charge in [0.1, 0.15) is 16.7 Å². The molecule has 0 N–H and O–H groups in total. The Balaban J connectivity index is 1.63. The minimum Gasteiger partial charge on any atom is -0.373 e. The molecule has 2 unspecified atom stereocenters. The number of benzene rings is 3. The number of sulfone groups is 1. The second-order valence-corrected chi connectivity index (χ2v) is 14.1. The van der Waals surface area contributed by atoms with E-state index in [-0.39, 0.29) is 35.1 Å². The monoisotopic (exact) mass is 602 g/mol. The van der Waals surface area contributed by atoms with E-state index in [9.17, 15) is 22.1 Å². The molecule has 216 valence electrons. The number of aryl methyl sites for hydroxylation is 1. The predicted molar refractivity (Wildman–Crippen MR) is 160 cm³/mol. The van der Waals surface area contributed by atoms with Gasteiger partial charge in [-0.15, -0.1) is 0 Å². The third kappa shape index (κ3) is 5.93. The number of rotatable bonds is 7. The molecule has 1 fully saturated rings. The van der Waals surface area contributed by atoms with E-state index in [1.807, 2.05) is 57.2 Å². The first-order valence-electron chi connectivity index (χ1n) is 13.3. The van der Waals surface area contributed by atoms with Gasteiger partial charge in [-0.3, -0.25) is 0 Å². The zero-order valence-electron chi connectivity index (χ0n) is 23.4. The Labute approximate surface area is 246 Å². The van der Waals surface area contributed by atoms with Crippen LogP contribution in [0.25, 0.3) is 23.0 Å². The summed E-state index contributed by atoms with van der Waals surface area (Å²) in [4.78, 5) is -0.376. The van der Waals surface area contributed by atoms with Crippen LogP contribution in [-0.2, 0) is 24.6 Å². The third-order valence-electron chi connectivity index (χ3n) is 6.91. The molecule has 9 nitrogen and oxygen atoms in total. The van der Waals surface area contributed by atoms with Gasteiger partial charge < -0.3 is 4.74 Å². The topological polar surface area (TPSA) is 122 Å². The van der Waals surface area contributed by atoms with E-state index in [1.54, 1.807) is 35.1 Å². The molecule has 0 bridgehead atoms. The standard InChI is InChI=1S/C31H30N4O5S2/c1-22-12-14-28(15-13-22)41(36,37)30(18-32)17-26-21-35(27-9-5-4-6-10-27)33-31(26)25-8-7-11-29(16-25)42(38,39)34-19-23(2)40-24(3)20-34/h4-17,21,23-24H,19-20H2,1-3H3/b30-17-. The summed E-state index contributed by atoms with van der Waals surface area (Å²) in [5.41, 5.74) is 2.72. The summed E-state index contributed by atoms with van der Waals surface area (Å²) in [5.74, 6) is 0. The summed E-state index contributed by atoms with van der Waals surface area (Å²) in [7, 11) is -7.98. The first kappa shape index (κ1) is 29.4. The Hall–Kier alpha value is -4.08. The van der Waals surface area contributed by atoms with Crippen molar-refractivity contribution in [3.8, 4) is 23.0 Å². The molecule has 5 rings (SSSR count). The highest BCUT2D eigenvalue weighted by atomic mass is 32.2. The maximum Gasteiger partial charge on any atom is 0.243 e. The largest absolute Gasteiger partial charge is 0.373 e. The maximum atomic E-state index is 13.6. The second-order valence-electron chi connectivity index (χ2n) is 10.3. The van der Waals surface area contributed by atoms with Crippen molar-refractivity contribution in [2.45, 2.75) is 42.8 Å². The minimum absolute atomic E-state index is 0.0000372. The van der Waals surface area contributed by atoms with Crippen molar-refractivity contribution < 1.29 is 21.6 Å². The summed E-state index contributed by atoms with van der Waals surface area (Å²) in [5, 5.41) is 14.6. The zero-order chi connectivity index (χ0) is 30.1. The number of ether oxygens (including phenoxy) is 1. The number of nitrogens with zero attached hydrogens (tertiary/aromatic N) is 4. The first-order valence-corrected chi connectivity index (χ1v) is 16.3. The predicted octanol–water partition coefficient (Wildman–Crippen LogP) is 4.98. The second kappa shape index (κ2) is 11.7. The molecule has 4 aromatic rings. The lowest BCUT2D eigenvalue weighted by molar-refractivity contribution is -0.0440. The molecule has 42 heavy (non-hydrogen) atoms. The average Bonchev–Trinajstić information content (AvgIpc) is 3.40. The maximum absolute atomic E-state index is 13.6. The molecule has 1 saturated heterocycles. The molecular formula is C31H30N4O5S2. The van der Waals surface area contributed by atoms with Crippen LogP contribution in [0.15, 0.2) is 99.8 Å². The van der Waals surface area contributed by atoms with Gasteiger partial charge in [0.05, 0.1) is 27.7 Å². The molecular weight excluding hydrogens is 572 g/mol. The Bertz CT molecular complexity index is 1880. The van der Waals surface area contributed by atoms with Crippen LogP contribution in [0.2, 0.25) is 0 Å². The number of hydrogen-bond donors (Lipinski definition) is 0. The van der Waals surface area contributed by atoms with Gasteiger partial charge in [0.25, 0.3) is 0 Å². The molecule has 11 heteroatoms. The van der Waals surface area contributed by atoms with Crippen molar-refractivity contribution in [1.82, 2.24) is 14.1 Å². The van der Waals surface area contributed by atoms with Gasteiger partial charge >= 0.3 is 0 Å². The molecule has 0 radical (unpaired) electrons. The quantitative estimate of drug-likeness (QED) is 0.273. The van der Waals surface area contributed by atoms with E-state index in [0.29, 0.717) is 22.5 Å². The van der Waals surface area contributed by atoms with Crippen LogP contribution < -0.4 is 0 Å². The van der Waals surface area contributed by atoms with Crippen LogP contribution in [0.4, 0.5) is 0 Å². The van der Waals surface area contributed by atoms with E-state index < -0.39 is 24.8 Å². The lowest BCUT2D eigenvalue weighted by atomic mass is 10.1.